The van der Waals surface area contributed by atoms with E-state index < -0.39 is 4.92 Å². The quantitative estimate of drug-likeness (QED) is 0.469. The topological polar surface area (TPSA) is 78.4 Å². The normalized spacial score (nSPS) is 9.73. The van der Waals surface area contributed by atoms with E-state index in [1.807, 2.05) is 0 Å². The summed E-state index contributed by atoms with van der Waals surface area (Å²) in [6.45, 7) is 5.37. The maximum atomic E-state index is 10.7. The van der Waals surface area contributed by atoms with Crippen molar-refractivity contribution >= 4 is 16.9 Å². The molecule has 0 spiro atoms. The van der Waals surface area contributed by atoms with Crippen LogP contribution in [0, 0.1) is 10.1 Å². The van der Waals surface area contributed by atoms with Crippen LogP contribution in [0.25, 0.3) is 5.57 Å². The monoisotopic (exact) mass is 208 g/mol. The molecule has 5 nitrogen and oxygen atoms in total. The highest BCUT2D eigenvalue weighted by Crippen LogP contribution is 2.33. The Balaban J connectivity index is 3.45. The predicted molar refractivity (Wildman–Crippen MR) is 58.8 cm³/mol. The number of nitrogens with zero attached hydrogens (tertiary/aromatic N) is 1. The number of nitro groups is 1. The van der Waals surface area contributed by atoms with Crippen LogP contribution in [0.5, 0.6) is 5.75 Å². The van der Waals surface area contributed by atoms with Gasteiger partial charge in [-0.2, -0.15) is 0 Å². The highest BCUT2D eigenvalue weighted by atomic mass is 16.6. The van der Waals surface area contributed by atoms with Crippen molar-refractivity contribution < 1.29 is 9.66 Å². The van der Waals surface area contributed by atoms with Gasteiger partial charge in [0.2, 0.25) is 0 Å². The molecule has 0 amide bonds. The van der Waals surface area contributed by atoms with Crippen molar-refractivity contribution in [1.82, 2.24) is 0 Å². The zero-order chi connectivity index (χ0) is 11.6. The lowest BCUT2D eigenvalue weighted by Crippen LogP contribution is -1.99. The Morgan fingerprint density at radius 1 is 1.60 bits per heavy atom. The highest BCUT2D eigenvalue weighted by Gasteiger charge is 2.17. The molecule has 0 saturated carbocycles. The molecule has 0 aliphatic carbocycles. The first-order chi connectivity index (χ1) is 6.97. The van der Waals surface area contributed by atoms with Gasteiger partial charge in [-0.05, 0) is 18.6 Å². The van der Waals surface area contributed by atoms with Gasteiger partial charge in [0.05, 0.1) is 23.3 Å². The first kappa shape index (κ1) is 11.0. The molecule has 0 atom stereocenters. The van der Waals surface area contributed by atoms with Gasteiger partial charge in [0.15, 0.2) is 0 Å². The van der Waals surface area contributed by atoms with Crippen LogP contribution < -0.4 is 10.5 Å². The molecule has 5 heteroatoms. The maximum absolute atomic E-state index is 10.7. The third-order valence-electron chi connectivity index (χ3n) is 2.00. The Kier molecular flexibility index (Phi) is 2.94. The van der Waals surface area contributed by atoms with Crippen molar-refractivity contribution in [2.45, 2.75) is 6.92 Å². The van der Waals surface area contributed by atoms with Gasteiger partial charge in [-0.3, -0.25) is 10.1 Å². The van der Waals surface area contributed by atoms with Crippen LogP contribution in [0.3, 0.4) is 0 Å². The fraction of sp³-hybridized carbons (Fsp3) is 0.200. The number of nitrogen functional groups attached to an aromatic ring is 1. The van der Waals surface area contributed by atoms with Crippen molar-refractivity contribution in [1.29, 1.82) is 0 Å². The molecule has 0 aliphatic heterocycles. The second kappa shape index (κ2) is 4.00. The number of anilines is 1. The molecule has 0 saturated heterocycles. The molecule has 0 heterocycles. The second-order valence-corrected chi connectivity index (χ2v) is 3.15. The minimum atomic E-state index is -0.486. The summed E-state index contributed by atoms with van der Waals surface area (Å²) in [6, 6.07) is 2.80. The Hall–Kier alpha value is -2.04. The van der Waals surface area contributed by atoms with Crippen molar-refractivity contribution in [3.63, 3.8) is 0 Å². The van der Waals surface area contributed by atoms with Gasteiger partial charge in [-0.15, -0.1) is 0 Å². The van der Waals surface area contributed by atoms with E-state index in [2.05, 4.69) is 6.58 Å². The smallest absolute Gasteiger partial charge is 0.279 e. The van der Waals surface area contributed by atoms with Crippen LogP contribution in [0.4, 0.5) is 11.4 Å². The lowest BCUT2D eigenvalue weighted by atomic mass is 10.1. The molecule has 15 heavy (non-hydrogen) atoms. The van der Waals surface area contributed by atoms with Gasteiger partial charge in [0, 0.05) is 6.07 Å². The van der Waals surface area contributed by atoms with Crippen LogP contribution in [0.1, 0.15) is 12.5 Å². The minimum absolute atomic E-state index is 0.0548. The SMILES string of the molecule is C=C(C)c1cc(OC)c(N)cc1[N+](=O)[O-]. The van der Waals surface area contributed by atoms with E-state index in [9.17, 15) is 10.1 Å². The lowest BCUT2D eigenvalue weighted by molar-refractivity contribution is -0.385. The molecule has 1 aromatic carbocycles. The number of benzene rings is 1. The Labute approximate surface area is 87.3 Å². The number of hydrogen-bond acceptors (Lipinski definition) is 4. The molecule has 0 aliphatic rings. The summed E-state index contributed by atoms with van der Waals surface area (Å²) in [4.78, 5) is 10.3. The summed E-state index contributed by atoms with van der Waals surface area (Å²) in [5.41, 5.74) is 6.80. The number of allylic oxidation sites excluding steroid dienone is 1. The van der Waals surface area contributed by atoms with Gasteiger partial charge in [0.25, 0.3) is 5.69 Å². The molecular weight excluding hydrogens is 196 g/mol. The van der Waals surface area contributed by atoms with Gasteiger partial charge in [-0.25, -0.2) is 0 Å². The van der Waals surface area contributed by atoms with E-state index in [1.165, 1.54) is 19.2 Å². The zero-order valence-corrected chi connectivity index (χ0v) is 8.61. The summed E-state index contributed by atoms with van der Waals surface area (Å²) in [5, 5.41) is 10.7. The highest BCUT2D eigenvalue weighted by molar-refractivity contribution is 5.75. The van der Waals surface area contributed by atoms with Crippen LogP contribution >= 0.6 is 0 Å². The number of methoxy groups -OCH3 is 1. The molecule has 80 valence electrons. The van der Waals surface area contributed by atoms with E-state index in [-0.39, 0.29) is 11.4 Å². The molecule has 1 rings (SSSR count). The Bertz CT molecular complexity index is 427. The zero-order valence-electron chi connectivity index (χ0n) is 8.61. The fourth-order valence-corrected chi connectivity index (χ4v) is 1.25. The van der Waals surface area contributed by atoms with Gasteiger partial charge < -0.3 is 10.5 Å². The summed E-state index contributed by atoms with van der Waals surface area (Å²) < 4.78 is 4.98. The third kappa shape index (κ3) is 2.07. The van der Waals surface area contributed by atoms with Crippen LogP contribution in [0.15, 0.2) is 18.7 Å². The van der Waals surface area contributed by atoms with Crippen molar-refractivity contribution in [3.05, 3.63) is 34.4 Å². The molecule has 0 radical (unpaired) electrons. The summed E-state index contributed by atoms with van der Waals surface area (Å²) in [5.74, 6) is 0.415. The molecule has 0 bridgehead atoms. The van der Waals surface area contributed by atoms with E-state index >= 15 is 0 Å². The molecular formula is C10H12N2O3. The maximum Gasteiger partial charge on any atom is 0.279 e. The average Bonchev–Trinajstić information content (AvgIpc) is 2.16. The fourth-order valence-electron chi connectivity index (χ4n) is 1.25. The molecule has 0 unspecified atom stereocenters. The van der Waals surface area contributed by atoms with Crippen LogP contribution in [-0.2, 0) is 0 Å². The molecule has 1 aromatic rings. The van der Waals surface area contributed by atoms with Gasteiger partial charge in [0.1, 0.15) is 5.75 Å². The second-order valence-electron chi connectivity index (χ2n) is 3.15. The molecule has 0 fully saturated rings. The summed E-state index contributed by atoms with van der Waals surface area (Å²) >= 11 is 0. The van der Waals surface area contributed by atoms with Crippen molar-refractivity contribution in [2.75, 3.05) is 12.8 Å². The average molecular weight is 208 g/mol. The minimum Gasteiger partial charge on any atom is -0.495 e. The number of nitro benzene ring substituents is 1. The predicted octanol–water partition coefficient (Wildman–Crippen LogP) is 2.22. The first-order valence-corrected chi connectivity index (χ1v) is 4.25. The van der Waals surface area contributed by atoms with E-state index in [4.69, 9.17) is 10.5 Å². The number of hydrogen-bond donors (Lipinski definition) is 1. The lowest BCUT2D eigenvalue weighted by Gasteiger charge is -2.08. The van der Waals surface area contributed by atoms with E-state index in [0.29, 0.717) is 16.9 Å². The summed E-state index contributed by atoms with van der Waals surface area (Å²) in [6.07, 6.45) is 0. The molecule has 2 N–H and O–H groups in total. The van der Waals surface area contributed by atoms with E-state index in [0.717, 1.165) is 0 Å². The standard InChI is InChI=1S/C10H12N2O3/c1-6(2)7-4-10(15-3)8(11)5-9(7)12(13)14/h4-5H,1,11H2,2-3H3. The largest absolute Gasteiger partial charge is 0.495 e. The number of nitrogens with two attached hydrogens (primary N) is 1. The third-order valence-corrected chi connectivity index (χ3v) is 2.00. The Morgan fingerprint density at radius 3 is 2.60 bits per heavy atom. The number of ether oxygens (including phenoxy) is 1. The first-order valence-electron chi connectivity index (χ1n) is 4.25. The summed E-state index contributed by atoms with van der Waals surface area (Å²) in [7, 11) is 1.46. The molecule has 0 aromatic heterocycles. The Morgan fingerprint density at radius 2 is 2.20 bits per heavy atom. The van der Waals surface area contributed by atoms with Crippen LogP contribution in [0.2, 0.25) is 0 Å². The van der Waals surface area contributed by atoms with Gasteiger partial charge in [-0.1, -0.05) is 6.58 Å². The van der Waals surface area contributed by atoms with Crippen molar-refractivity contribution in [3.8, 4) is 5.75 Å². The van der Waals surface area contributed by atoms with Gasteiger partial charge >= 0.3 is 0 Å². The van der Waals surface area contributed by atoms with E-state index in [1.54, 1.807) is 6.92 Å². The van der Waals surface area contributed by atoms with Crippen molar-refractivity contribution in [2.24, 2.45) is 0 Å². The van der Waals surface area contributed by atoms with Crippen LogP contribution in [-0.4, -0.2) is 12.0 Å². The number of rotatable bonds is 3.